The van der Waals surface area contributed by atoms with E-state index in [1.165, 1.54) is 0 Å². The first-order chi connectivity index (χ1) is 13.7. The van der Waals surface area contributed by atoms with E-state index in [0.29, 0.717) is 24.6 Å². The van der Waals surface area contributed by atoms with Crippen molar-refractivity contribution in [3.63, 3.8) is 0 Å². The molecule has 0 amide bonds. The molecule has 3 aromatic heterocycles. The Kier molecular flexibility index (Phi) is 4.36. The zero-order valence-corrected chi connectivity index (χ0v) is 15.7. The number of anilines is 1. The minimum Gasteiger partial charge on any atom is -0.368 e. The Morgan fingerprint density at radius 2 is 1.89 bits per heavy atom. The van der Waals surface area contributed by atoms with Crippen molar-refractivity contribution in [1.29, 1.82) is 5.26 Å². The van der Waals surface area contributed by atoms with Crippen molar-refractivity contribution in [2.45, 2.75) is 37.9 Å². The molecule has 0 radical (unpaired) electrons. The number of likely N-dealkylation sites (tertiary alicyclic amines) is 1. The highest BCUT2D eigenvalue weighted by Gasteiger charge is 2.30. The number of hydrogen-bond donors (Lipinski definition) is 1. The van der Waals surface area contributed by atoms with E-state index in [0.717, 1.165) is 66.6 Å². The molecule has 0 bridgehead atoms. The highest BCUT2D eigenvalue weighted by atomic mass is 19.1. The number of pyridine rings is 2. The monoisotopic (exact) mass is 378 g/mol. The van der Waals surface area contributed by atoms with E-state index in [4.69, 9.17) is 0 Å². The molecule has 144 valence electrons. The summed E-state index contributed by atoms with van der Waals surface area (Å²) in [5.41, 5.74) is 3.11. The van der Waals surface area contributed by atoms with Gasteiger partial charge in [0, 0.05) is 49.2 Å². The number of aromatic amines is 1. The molecule has 2 aliphatic rings. The number of hydrogen-bond acceptors (Lipinski definition) is 5. The van der Waals surface area contributed by atoms with Crippen LogP contribution in [0.5, 0.6) is 0 Å². The predicted molar refractivity (Wildman–Crippen MR) is 107 cm³/mol. The highest BCUT2D eigenvalue weighted by Crippen LogP contribution is 2.36. The van der Waals surface area contributed by atoms with Crippen molar-refractivity contribution in [3.05, 3.63) is 30.2 Å². The Morgan fingerprint density at radius 1 is 1.11 bits per heavy atom. The molecule has 5 rings (SSSR count). The Morgan fingerprint density at radius 3 is 2.64 bits per heavy atom. The van der Waals surface area contributed by atoms with Crippen LogP contribution in [0.3, 0.4) is 0 Å². The average molecular weight is 378 g/mol. The molecule has 1 N–H and O–H groups in total. The molecule has 0 spiro atoms. The number of nitriles is 1. The van der Waals surface area contributed by atoms with Gasteiger partial charge in [-0.15, -0.1) is 0 Å². The third-order valence-corrected chi connectivity index (χ3v) is 6.25. The van der Waals surface area contributed by atoms with Crippen LogP contribution in [0.25, 0.3) is 21.9 Å². The Balaban J connectivity index is 1.46. The van der Waals surface area contributed by atoms with Crippen LogP contribution < -0.4 is 4.90 Å². The van der Waals surface area contributed by atoms with E-state index in [1.54, 1.807) is 12.4 Å². The molecule has 3 aromatic rings. The molecule has 5 heterocycles. The van der Waals surface area contributed by atoms with Crippen molar-refractivity contribution >= 4 is 27.6 Å². The molecule has 7 heteroatoms. The Labute approximate surface area is 163 Å². The lowest BCUT2D eigenvalue weighted by molar-refractivity contribution is 0.0981. The molecule has 0 aliphatic carbocycles. The van der Waals surface area contributed by atoms with E-state index < -0.39 is 6.17 Å². The fourth-order valence-electron chi connectivity index (χ4n) is 4.78. The van der Waals surface area contributed by atoms with Gasteiger partial charge in [0.1, 0.15) is 17.9 Å². The van der Waals surface area contributed by atoms with Gasteiger partial charge in [-0.3, -0.25) is 0 Å². The fraction of sp³-hybridized carbons (Fsp3) is 0.476. The van der Waals surface area contributed by atoms with Crippen molar-refractivity contribution in [1.82, 2.24) is 19.9 Å². The molecule has 0 saturated carbocycles. The smallest absolute Gasteiger partial charge is 0.164 e. The van der Waals surface area contributed by atoms with Crippen molar-refractivity contribution in [2.75, 3.05) is 31.1 Å². The molecule has 28 heavy (non-hydrogen) atoms. The fourth-order valence-corrected chi connectivity index (χ4v) is 4.78. The number of H-pyrrole nitrogens is 1. The molecule has 2 fully saturated rings. The number of fused-ring (bicyclic) bond motifs is 3. The average Bonchev–Trinajstić information content (AvgIpc) is 3.12. The summed E-state index contributed by atoms with van der Waals surface area (Å²) in [6.07, 6.45) is 6.23. The molecular formula is C21H23FN6. The van der Waals surface area contributed by atoms with Crippen LogP contribution >= 0.6 is 0 Å². The van der Waals surface area contributed by atoms with Gasteiger partial charge in [-0.05, 0) is 37.8 Å². The summed E-state index contributed by atoms with van der Waals surface area (Å²) in [6, 6.07) is 6.75. The normalized spacial score (nSPS) is 20.1. The first-order valence-electron chi connectivity index (χ1n) is 10.0. The molecule has 6 nitrogen and oxygen atoms in total. The first-order valence-corrected chi connectivity index (χ1v) is 10.0. The lowest BCUT2D eigenvalue weighted by Crippen LogP contribution is -2.48. The SMILES string of the molecule is N#Cc1ncc2[nH]c3ncccc3c2c1N1CCC(N2CCC(F)CC2)CC1. The summed E-state index contributed by atoms with van der Waals surface area (Å²) in [5, 5.41) is 11.8. The number of rotatable bonds is 2. The summed E-state index contributed by atoms with van der Waals surface area (Å²) < 4.78 is 13.5. The summed E-state index contributed by atoms with van der Waals surface area (Å²) in [5.74, 6) is 0. The largest absolute Gasteiger partial charge is 0.368 e. The summed E-state index contributed by atoms with van der Waals surface area (Å²) in [4.78, 5) is 16.9. The molecule has 0 aromatic carbocycles. The number of halogens is 1. The zero-order valence-electron chi connectivity index (χ0n) is 15.7. The molecular weight excluding hydrogens is 355 g/mol. The topological polar surface area (TPSA) is 71.8 Å². The third kappa shape index (κ3) is 2.89. The summed E-state index contributed by atoms with van der Waals surface area (Å²) >= 11 is 0. The van der Waals surface area contributed by atoms with Gasteiger partial charge in [0.15, 0.2) is 5.69 Å². The van der Waals surface area contributed by atoms with Crippen LogP contribution in [-0.4, -0.2) is 58.2 Å². The van der Waals surface area contributed by atoms with Gasteiger partial charge in [-0.25, -0.2) is 14.4 Å². The van der Waals surface area contributed by atoms with Crippen molar-refractivity contribution in [2.24, 2.45) is 0 Å². The minimum absolute atomic E-state index is 0.467. The zero-order chi connectivity index (χ0) is 19.1. The Bertz CT molecular complexity index is 1040. The lowest BCUT2D eigenvalue weighted by atomic mass is 9.98. The number of alkyl halides is 1. The molecule has 2 saturated heterocycles. The van der Waals surface area contributed by atoms with Crippen LogP contribution in [0, 0.1) is 11.3 Å². The molecule has 2 aliphatic heterocycles. The van der Waals surface area contributed by atoms with Crippen LogP contribution in [0.15, 0.2) is 24.5 Å². The molecule has 0 atom stereocenters. The second-order valence-electron chi connectivity index (χ2n) is 7.81. The van der Waals surface area contributed by atoms with Crippen molar-refractivity contribution < 1.29 is 4.39 Å². The van der Waals surface area contributed by atoms with Gasteiger partial charge in [0.25, 0.3) is 0 Å². The highest BCUT2D eigenvalue weighted by molar-refractivity contribution is 6.13. The van der Waals surface area contributed by atoms with Crippen molar-refractivity contribution in [3.8, 4) is 6.07 Å². The van der Waals surface area contributed by atoms with Gasteiger partial charge in [0.05, 0.1) is 17.4 Å². The number of nitrogens with zero attached hydrogens (tertiary/aromatic N) is 5. The number of nitrogens with one attached hydrogen (secondary N) is 1. The van der Waals surface area contributed by atoms with Crippen LogP contribution in [0.1, 0.15) is 31.4 Å². The van der Waals surface area contributed by atoms with Crippen LogP contribution in [0.2, 0.25) is 0 Å². The van der Waals surface area contributed by atoms with E-state index in [-0.39, 0.29) is 0 Å². The van der Waals surface area contributed by atoms with E-state index in [2.05, 4.69) is 30.8 Å². The number of piperidine rings is 2. The number of aromatic nitrogens is 3. The van der Waals surface area contributed by atoms with Gasteiger partial charge in [-0.1, -0.05) is 0 Å². The maximum atomic E-state index is 13.5. The predicted octanol–water partition coefficient (Wildman–Crippen LogP) is 3.39. The lowest BCUT2D eigenvalue weighted by Gasteiger charge is -2.41. The second kappa shape index (κ2) is 7.02. The summed E-state index contributed by atoms with van der Waals surface area (Å²) in [6.45, 7) is 3.48. The van der Waals surface area contributed by atoms with E-state index >= 15 is 0 Å². The van der Waals surface area contributed by atoms with Gasteiger partial charge >= 0.3 is 0 Å². The first kappa shape index (κ1) is 17.4. The third-order valence-electron chi connectivity index (χ3n) is 6.25. The molecule has 0 unspecified atom stereocenters. The van der Waals surface area contributed by atoms with E-state index in [1.807, 2.05) is 12.1 Å². The Hall–Kier alpha value is -2.72. The quantitative estimate of drug-likeness (QED) is 0.740. The minimum atomic E-state index is -0.631. The van der Waals surface area contributed by atoms with Crippen LogP contribution in [0.4, 0.5) is 10.1 Å². The van der Waals surface area contributed by atoms with E-state index in [9.17, 15) is 9.65 Å². The maximum Gasteiger partial charge on any atom is 0.164 e. The maximum absolute atomic E-state index is 13.5. The van der Waals surface area contributed by atoms with Gasteiger partial charge in [0.2, 0.25) is 0 Å². The second-order valence-corrected chi connectivity index (χ2v) is 7.81. The van der Waals surface area contributed by atoms with Gasteiger partial charge in [-0.2, -0.15) is 5.26 Å². The summed E-state index contributed by atoms with van der Waals surface area (Å²) in [7, 11) is 0. The van der Waals surface area contributed by atoms with Gasteiger partial charge < -0.3 is 14.8 Å². The standard InChI is InChI=1S/C21H23FN6/c22-14-3-8-27(9-4-14)15-5-10-28(11-6-15)20-17(12-23)25-13-18-19(20)16-2-1-7-24-21(16)26-18/h1-2,7,13-15H,3-6,8-11H2,(H,24,26). The van der Waals surface area contributed by atoms with Crippen LogP contribution in [-0.2, 0) is 0 Å².